The molecular formula is C27H39N3O6. The number of carbonyl (C=O) groups is 3. The third kappa shape index (κ3) is 3.87. The van der Waals surface area contributed by atoms with Gasteiger partial charge in [-0.3, -0.25) is 14.4 Å². The number of aliphatic hydroxyl groups is 1. The minimum Gasteiger partial charge on any atom is -0.497 e. The third-order valence-electron chi connectivity index (χ3n) is 8.50. The van der Waals surface area contributed by atoms with Crippen LogP contribution in [0.3, 0.4) is 0 Å². The van der Waals surface area contributed by atoms with Gasteiger partial charge in [-0.2, -0.15) is 0 Å². The lowest BCUT2D eigenvalue weighted by Gasteiger charge is -2.38. The maximum atomic E-state index is 14.1. The summed E-state index contributed by atoms with van der Waals surface area (Å²) in [6.07, 6.45) is 1.25. The van der Waals surface area contributed by atoms with Gasteiger partial charge < -0.3 is 30.1 Å². The van der Waals surface area contributed by atoms with Crippen LogP contribution in [-0.4, -0.2) is 71.3 Å². The topological polar surface area (TPSA) is 117 Å². The fraction of sp³-hybridized carbons (Fsp3) is 0.667. The van der Waals surface area contributed by atoms with Gasteiger partial charge in [0.05, 0.1) is 37.2 Å². The lowest BCUT2D eigenvalue weighted by Crippen LogP contribution is -2.57. The summed E-state index contributed by atoms with van der Waals surface area (Å²) in [7, 11) is 1.57. The molecule has 3 fully saturated rings. The van der Waals surface area contributed by atoms with Crippen molar-refractivity contribution in [3.63, 3.8) is 0 Å². The number of hydrogen-bond acceptors (Lipinski definition) is 6. The maximum Gasteiger partial charge on any atom is 0.250 e. The van der Waals surface area contributed by atoms with Gasteiger partial charge in [-0.15, -0.1) is 0 Å². The van der Waals surface area contributed by atoms with Crippen LogP contribution in [0.25, 0.3) is 0 Å². The van der Waals surface area contributed by atoms with Crippen LogP contribution in [0.15, 0.2) is 24.3 Å². The second kappa shape index (κ2) is 9.67. The van der Waals surface area contributed by atoms with Crippen LogP contribution < -0.4 is 15.4 Å². The van der Waals surface area contributed by atoms with Crippen molar-refractivity contribution in [1.29, 1.82) is 0 Å². The van der Waals surface area contributed by atoms with Crippen molar-refractivity contribution in [1.82, 2.24) is 10.2 Å². The molecule has 3 unspecified atom stereocenters. The number of benzene rings is 1. The van der Waals surface area contributed by atoms with Crippen LogP contribution >= 0.6 is 0 Å². The van der Waals surface area contributed by atoms with E-state index in [-0.39, 0.29) is 36.2 Å². The first kappa shape index (κ1) is 26.4. The molecule has 3 aliphatic heterocycles. The minimum absolute atomic E-state index is 0.0400. The van der Waals surface area contributed by atoms with Gasteiger partial charge in [0.25, 0.3) is 0 Å². The van der Waals surface area contributed by atoms with Gasteiger partial charge in [0.2, 0.25) is 17.7 Å². The Hall–Kier alpha value is -2.65. The number of fused-ring (bicyclic) bond motifs is 1. The zero-order valence-electron chi connectivity index (χ0n) is 22.0. The fourth-order valence-corrected chi connectivity index (χ4v) is 6.60. The average molecular weight is 502 g/mol. The van der Waals surface area contributed by atoms with Crippen LogP contribution in [0.2, 0.25) is 0 Å². The molecule has 36 heavy (non-hydrogen) atoms. The van der Waals surface area contributed by atoms with Crippen molar-refractivity contribution in [3.8, 4) is 5.75 Å². The Morgan fingerprint density at radius 1 is 1.25 bits per heavy atom. The van der Waals surface area contributed by atoms with E-state index in [1.807, 2.05) is 34.6 Å². The first-order valence-electron chi connectivity index (χ1n) is 12.9. The molecule has 9 heteroatoms. The summed E-state index contributed by atoms with van der Waals surface area (Å²) in [6, 6.07) is 5.38. The Labute approximate surface area is 212 Å². The van der Waals surface area contributed by atoms with Crippen molar-refractivity contribution in [2.45, 2.75) is 70.7 Å². The van der Waals surface area contributed by atoms with Gasteiger partial charge in [-0.05, 0) is 55.9 Å². The number of methoxy groups -OCH3 is 1. The number of nitrogens with zero attached hydrogens (tertiary/aromatic N) is 1. The second-order valence-electron chi connectivity index (χ2n) is 11.0. The highest BCUT2D eigenvalue weighted by Crippen LogP contribution is 2.65. The monoisotopic (exact) mass is 501 g/mol. The van der Waals surface area contributed by atoms with Crippen molar-refractivity contribution in [2.75, 3.05) is 25.6 Å². The maximum absolute atomic E-state index is 14.1. The Balaban J connectivity index is 1.78. The number of anilines is 1. The van der Waals surface area contributed by atoms with Gasteiger partial charge in [-0.25, -0.2) is 0 Å². The van der Waals surface area contributed by atoms with Gasteiger partial charge in [-0.1, -0.05) is 27.7 Å². The highest BCUT2D eigenvalue weighted by Gasteiger charge is 2.80. The lowest BCUT2D eigenvalue weighted by atomic mass is 9.62. The Kier molecular flexibility index (Phi) is 7.09. The van der Waals surface area contributed by atoms with E-state index in [0.717, 1.165) is 6.42 Å². The smallest absolute Gasteiger partial charge is 0.250 e. The van der Waals surface area contributed by atoms with E-state index >= 15 is 0 Å². The molecular weight excluding hydrogens is 462 g/mol. The summed E-state index contributed by atoms with van der Waals surface area (Å²) in [5.41, 5.74) is -1.46. The van der Waals surface area contributed by atoms with Gasteiger partial charge in [0.1, 0.15) is 17.4 Å². The average Bonchev–Trinajstić information content (AvgIpc) is 3.35. The van der Waals surface area contributed by atoms with Gasteiger partial charge >= 0.3 is 0 Å². The number of rotatable bonds is 9. The predicted octanol–water partition coefficient (Wildman–Crippen LogP) is 2.19. The van der Waals surface area contributed by atoms with E-state index in [4.69, 9.17) is 9.47 Å². The van der Waals surface area contributed by atoms with Crippen LogP contribution in [0, 0.1) is 23.7 Å². The van der Waals surface area contributed by atoms with Crippen LogP contribution in [0.5, 0.6) is 5.75 Å². The molecule has 198 valence electrons. The fourth-order valence-electron chi connectivity index (χ4n) is 6.60. The summed E-state index contributed by atoms with van der Waals surface area (Å²) >= 11 is 0. The summed E-state index contributed by atoms with van der Waals surface area (Å²) in [4.78, 5) is 43.0. The van der Waals surface area contributed by atoms with Crippen LogP contribution in [0.4, 0.5) is 5.69 Å². The first-order chi connectivity index (χ1) is 17.0. The number of aliphatic hydroxyl groups excluding tert-OH is 1. The Morgan fingerprint density at radius 3 is 2.47 bits per heavy atom. The van der Waals surface area contributed by atoms with Crippen molar-refractivity contribution in [2.24, 2.45) is 23.7 Å². The SMILES string of the molecule is CCCNC(=O)[C@H]1[C@H]2C(=O)N([C@@H](CO)C(C)C)C(C(=O)Nc3ccc(OC)cc3)C23CC(C)[C@]1(C)O3. The van der Waals surface area contributed by atoms with E-state index in [0.29, 0.717) is 24.4 Å². The highest BCUT2D eigenvalue weighted by molar-refractivity contribution is 6.04. The van der Waals surface area contributed by atoms with Crippen LogP contribution in [0.1, 0.15) is 47.5 Å². The molecule has 1 aromatic rings. The molecule has 4 rings (SSSR count). The molecule has 1 aromatic carbocycles. The molecule has 1 spiro atoms. The minimum atomic E-state index is -1.15. The summed E-state index contributed by atoms with van der Waals surface area (Å²) in [6.45, 7) is 9.91. The number of carbonyl (C=O) groups excluding carboxylic acids is 3. The molecule has 3 aliphatic rings. The number of likely N-dealkylation sites (tertiary alicyclic amines) is 1. The molecule has 0 aliphatic carbocycles. The van der Waals surface area contributed by atoms with E-state index in [1.165, 1.54) is 4.90 Å². The Morgan fingerprint density at radius 2 is 1.92 bits per heavy atom. The van der Waals surface area contributed by atoms with E-state index in [9.17, 15) is 19.5 Å². The molecule has 9 nitrogen and oxygen atoms in total. The standard InChI is InChI=1S/C27H39N3O6/c1-7-12-28-23(32)20-21-25(34)30(19(14-31)15(2)3)22(27(21)13-16(4)26(20,5)36-27)24(33)29-17-8-10-18(35-6)11-9-17/h8-11,15-16,19-22,31H,7,12-14H2,1-6H3,(H,28,32)(H,29,33)/t16?,19-,20+,21-,22?,26-,27?/m0/s1. The summed E-state index contributed by atoms with van der Waals surface area (Å²) < 4.78 is 11.9. The Bertz CT molecular complexity index is 1010. The highest BCUT2D eigenvalue weighted by atomic mass is 16.5. The zero-order chi connectivity index (χ0) is 26.4. The second-order valence-corrected chi connectivity index (χ2v) is 11.0. The number of hydrogen-bond donors (Lipinski definition) is 3. The molecule has 3 amide bonds. The normalized spacial score (nSPS) is 33.6. The molecule has 3 saturated heterocycles. The van der Waals surface area contributed by atoms with E-state index in [1.54, 1.807) is 31.4 Å². The van der Waals surface area contributed by atoms with Crippen molar-refractivity contribution < 1.29 is 29.0 Å². The predicted molar refractivity (Wildman–Crippen MR) is 134 cm³/mol. The quantitative estimate of drug-likeness (QED) is 0.478. The third-order valence-corrected chi connectivity index (χ3v) is 8.50. The summed E-state index contributed by atoms with van der Waals surface area (Å²) in [5.74, 6) is -1.91. The van der Waals surface area contributed by atoms with Gasteiger partial charge in [0, 0.05) is 12.2 Å². The van der Waals surface area contributed by atoms with Crippen LogP contribution in [-0.2, 0) is 19.1 Å². The number of amides is 3. The number of ether oxygens (including phenoxy) is 2. The van der Waals surface area contributed by atoms with Gasteiger partial charge in [0.15, 0.2) is 0 Å². The molecule has 0 aromatic heterocycles. The van der Waals surface area contributed by atoms with Crippen molar-refractivity contribution in [3.05, 3.63) is 24.3 Å². The van der Waals surface area contributed by atoms with E-state index < -0.39 is 35.1 Å². The summed E-state index contributed by atoms with van der Waals surface area (Å²) in [5, 5.41) is 16.2. The lowest BCUT2D eigenvalue weighted by molar-refractivity contribution is -0.150. The number of nitrogens with one attached hydrogen (secondary N) is 2. The molecule has 3 heterocycles. The zero-order valence-corrected chi connectivity index (χ0v) is 22.0. The molecule has 0 radical (unpaired) electrons. The molecule has 0 saturated carbocycles. The first-order valence-corrected chi connectivity index (χ1v) is 12.9. The van der Waals surface area contributed by atoms with E-state index in [2.05, 4.69) is 10.6 Å². The molecule has 2 bridgehead atoms. The largest absolute Gasteiger partial charge is 0.497 e. The molecule has 3 N–H and O–H groups in total. The van der Waals surface area contributed by atoms with Crippen molar-refractivity contribution >= 4 is 23.4 Å². The molecule has 7 atom stereocenters.